The normalized spacial score (nSPS) is 15.4. The van der Waals surface area contributed by atoms with Crippen LogP contribution >= 0.6 is 0 Å². The highest BCUT2D eigenvalue weighted by Gasteiger charge is 2.42. The van der Waals surface area contributed by atoms with E-state index in [2.05, 4.69) is 0 Å². The Hall–Kier alpha value is -2.63. The summed E-state index contributed by atoms with van der Waals surface area (Å²) in [5.74, 6) is -1.63. The number of hydrogen-bond acceptors (Lipinski definition) is 4. The molecule has 0 saturated carbocycles. The minimum Gasteiger partial charge on any atom is -0.481 e. The van der Waals surface area contributed by atoms with Crippen LogP contribution in [-0.2, 0) is 19.1 Å². The predicted octanol–water partition coefficient (Wildman–Crippen LogP) is 2.06. The van der Waals surface area contributed by atoms with Gasteiger partial charge in [0.2, 0.25) is 0 Å². The number of carbonyl (C=O) groups is 3. The van der Waals surface area contributed by atoms with Gasteiger partial charge in [-0.3, -0.25) is 19.3 Å². The Morgan fingerprint density at radius 2 is 1.87 bits per heavy atom. The molecule has 0 saturated heterocycles. The van der Waals surface area contributed by atoms with Gasteiger partial charge in [-0.1, -0.05) is 30.3 Å². The van der Waals surface area contributed by atoms with Crippen LogP contribution in [0.3, 0.4) is 0 Å². The molecule has 6 heteroatoms. The van der Waals surface area contributed by atoms with Crippen molar-refractivity contribution < 1.29 is 24.2 Å². The monoisotopic (exact) mass is 317 g/mol. The number of rotatable bonds is 5. The zero-order valence-corrected chi connectivity index (χ0v) is 13.3. The Kier molecular flexibility index (Phi) is 4.54. The first-order chi connectivity index (χ1) is 10.7. The second-order valence-corrected chi connectivity index (χ2v) is 5.86. The standard InChI is InChI=1S/C17H19NO5/c1-11-15(12-7-5-4-6-8-12)16(22)18(10-23-11)17(2,3)13(19)9-14(20)21/h4-8H,9-10H2,1-3H3,(H,20,21). The van der Waals surface area contributed by atoms with Gasteiger partial charge >= 0.3 is 5.97 Å². The molecular weight excluding hydrogens is 298 g/mol. The molecule has 122 valence electrons. The van der Waals surface area contributed by atoms with Crippen LogP contribution < -0.4 is 0 Å². The van der Waals surface area contributed by atoms with Gasteiger partial charge in [-0.25, -0.2) is 0 Å². The number of Topliss-reactive ketones (excluding diaryl/α,β-unsaturated/α-hetero) is 1. The van der Waals surface area contributed by atoms with Gasteiger partial charge in [0.25, 0.3) is 5.91 Å². The second kappa shape index (κ2) is 6.24. The van der Waals surface area contributed by atoms with Gasteiger partial charge in [0.15, 0.2) is 12.5 Å². The van der Waals surface area contributed by atoms with Crippen molar-refractivity contribution in [1.29, 1.82) is 0 Å². The number of allylic oxidation sites excluding steroid dienone is 1. The molecule has 0 fully saturated rings. The molecule has 0 bridgehead atoms. The Labute approximate surface area is 134 Å². The zero-order chi connectivity index (χ0) is 17.2. The lowest BCUT2D eigenvalue weighted by molar-refractivity contribution is -0.152. The Morgan fingerprint density at radius 3 is 2.43 bits per heavy atom. The quantitative estimate of drug-likeness (QED) is 0.840. The molecule has 2 rings (SSSR count). The molecule has 6 nitrogen and oxygen atoms in total. The summed E-state index contributed by atoms with van der Waals surface area (Å²) in [7, 11) is 0. The Morgan fingerprint density at radius 1 is 1.26 bits per heavy atom. The number of benzene rings is 1. The molecule has 0 aromatic heterocycles. The van der Waals surface area contributed by atoms with E-state index in [-0.39, 0.29) is 12.6 Å². The summed E-state index contributed by atoms with van der Waals surface area (Å²) in [6.07, 6.45) is -0.639. The minimum absolute atomic E-state index is 0.0840. The molecule has 1 aromatic carbocycles. The van der Waals surface area contributed by atoms with E-state index in [1.165, 1.54) is 18.7 Å². The van der Waals surface area contributed by atoms with Crippen molar-refractivity contribution in [3.63, 3.8) is 0 Å². The number of amides is 1. The number of ether oxygens (including phenoxy) is 1. The van der Waals surface area contributed by atoms with Crippen molar-refractivity contribution in [1.82, 2.24) is 4.90 Å². The SMILES string of the molecule is CC1=C(c2ccccc2)C(=O)N(C(C)(C)C(=O)CC(=O)O)CO1. The van der Waals surface area contributed by atoms with E-state index in [0.717, 1.165) is 0 Å². The molecule has 1 amide bonds. The van der Waals surface area contributed by atoms with Crippen molar-refractivity contribution in [3.8, 4) is 0 Å². The molecule has 0 unspecified atom stereocenters. The van der Waals surface area contributed by atoms with Crippen LogP contribution in [0.4, 0.5) is 0 Å². The summed E-state index contributed by atoms with van der Waals surface area (Å²) in [6.45, 7) is 4.68. The van der Waals surface area contributed by atoms with Crippen molar-refractivity contribution in [2.24, 2.45) is 0 Å². The van der Waals surface area contributed by atoms with Crippen LogP contribution in [0.1, 0.15) is 32.8 Å². The van der Waals surface area contributed by atoms with E-state index in [1.807, 2.05) is 18.2 Å². The molecule has 0 atom stereocenters. The van der Waals surface area contributed by atoms with E-state index < -0.39 is 23.7 Å². The maximum atomic E-state index is 12.9. The fourth-order valence-corrected chi connectivity index (χ4v) is 2.43. The number of aliphatic carboxylic acids is 1. The molecule has 1 aromatic rings. The van der Waals surface area contributed by atoms with Crippen LogP contribution in [0, 0.1) is 0 Å². The summed E-state index contributed by atoms with van der Waals surface area (Å²) < 4.78 is 5.55. The van der Waals surface area contributed by atoms with E-state index in [0.29, 0.717) is 16.9 Å². The van der Waals surface area contributed by atoms with Crippen molar-refractivity contribution in [2.45, 2.75) is 32.7 Å². The van der Waals surface area contributed by atoms with Gasteiger partial charge in [-0.2, -0.15) is 0 Å². The third-order valence-electron chi connectivity index (χ3n) is 3.95. The lowest BCUT2D eigenvalue weighted by atomic mass is 9.92. The highest BCUT2D eigenvalue weighted by atomic mass is 16.5. The van der Waals surface area contributed by atoms with Crippen LogP contribution in [0.5, 0.6) is 0 Å². The first-order valence-electron chi connectivity index (χ1n) is 7.21. The Bertz CT molecular complexity index is 675. The van der Waals surface area contributed by atoms with E-state index in [4.69, 9.17) is 9.84 Å². The van der Waals surface area contributed by atoms with Crippen molar-refractivity contribution in [2.75, 3.05) is 6.73 Å². The summed E-state index contributed by atoms with van der Waals surface area (Å²) in [4.78, 5) is 37.1. The highest BCUT2D eigenvalue weighted by molar-refractivity contribution is 6.21. The molecular formula is C17H19NO5. The summed E-state index contributed by atoms with van der Waals surface area (Å²) in [5, 5.41) is 8.82. The average molecular weight is 317 g/mol. The molecule has 1 heterocycles. The summed E-state index contributed by atoms with van der Waals surface area (Å²) in [6, 6.07) is 9.03. The lowest BCUT2D eigenvalue weighted by Crippen LogP contribution is -2.55. The molecule has 0 radical (unpaired) electrons. The number of carbonyl (C=O) groups excluding carboxylic acids is 2. The van der Waals surface area contributed by atoms with Gasteiger partial charge in [0.1, 0.15) is 12.2 Å². The fourth-order valence-electron chi connectivity index (χ4n) is 2.43. The largest absolute Gasteiger partial charge is 0.481 e. The average Bonchev–Trinajstić information content (AvgIpc) is 2.47. The van der Waals surface area contributed by atoms with Crippen LogP contribution in [-0.4, -0.2) is 39.9 Å². The van der Waals surface area contributed by atoms with Gasteiger partial charge in [-0.05, 0) is 26.3 Å². The van der Waals surface area contributed by atoms with Crippen LogP contribution in [0.25, 0.3) is 5.57 Å². The maximum absolute atomic E-state index is 12.9. The molecule has 23 heavy (non-hydrogen) atoms. The molecule has 1 N–H and O–H groups in total. The third kappa shape index (κ3) is 3.26. The number of carboxylic acids is 1. The van der Waals surface area contributed by atoms with Crippen LogP contribution in [0.15, 0.2) is 36.1 Å². The smallest absolute Gasteiger partial charge is 0.310 e. The van der Waals surface area contributed by atoms with E-state index in [1.54, 1.807) is 19.1 Å². The number of nitrogens with zero attached hydrogens (tertiary/aromatic N) is 1. The highest BCUT2D eigenvalue weighted by Crippen LogP contribution is 2.31. The predicted molar refractivity (Wildman–Crippen MR) is 83.2 cm³/mol. The number of carboxylic acid groups (broad SMARTS) is 1. The third-order valence-corrected chi connectivity index (χ3v) is 3.95. The lowest BCUT2D eigenvalue weighted by Gasteiger charge is -2.40. The summed E-state index contributed by atoms with van der Waals surface area (Å²) >= 11 is 0. The molecule has 0 spiro atoms. The van der Waals surface area contributed by atoms with Crippen molar-refractivity contribution in [3.05, 3.63) is 41.7 Å². The molecule has 1 aliphatic heterocycles. The maximum Gasteiger partial charge on any atom is 0.310 e. The van der Waals surface area contributed by atoms with Crippen LogP contribution in [0.2, 0.25) is 0 Å². The van der Waals surface area contributed by atoms with E-state index >= 15 is 0 Å². The zero-order valence-electron chi connectivity index (χ0n) is 13.3. The van der Waals surface area contributed by atoms with Crippen molar-refractivity contribution >= 4 is 23.2 Å². The molecule has 0 aliphatic carbocycles. The summed E-state index contributed by atoms with van der Waals surface area (Å²) in [5.41, 5.74) is -0.190. The topological polar surface area (TPSA) is 83.9 Å². The minimum atomic E-state index is -1.27. The first-order valence-corrected chi connectivity index (χ1v) is 7.21. The van der Waals surface area contributed by atoms with Gasteiger partial charge in [0.05, 0.1) is 11.1 Å². The van der Waals surface area contributed by atoms with E-state index in [9.17, 15) is 14.4 Å². The molecule has 1 aliphatic rings. The number of ketones is 1. The Balaban J connectivity index is 2.36. The number of hydrogen-bond donors (Lipinski definition) is 1. The van der Waals surface area contributed by atoms with Gasteiger partial charge in [-0.15, -0.1) is 0 Å². The fraction of sp³-hybridized carbons (Fsp3) is 0.353. The van der Waals surface area contributed by atoms with Gasteiger partial charge in [0, 0.05) is 0 Å². The van der Waals surface area contributed by atoms with Gasteiger partial charge < -0.3 is 9.84 Å². The second-order valence-electron chi connectivity index (χ2n) is 5.86. The first kappa shape index (κ1) is 16.7.